The molecule has 2 rings (SSSR count). The summed E-state index contributed by atoms with van der Waals surface area (Å²) in [5.74, 6) is -0.472. The van der Waals surface area contributed by atoms with Crippen molar-refractivity contribution < 1.29 is 24.5 Å². The van der Waals surface area contributed by atoms with Gasteiger partial charge < -0.3 is 24.7 Å². The first-order valence-corrected chi connectivity index (χ1v) is 7.91. The molecule has 2 amide bonds. The molecular formula is C15H26N2O5. The number of amides is 2. The van der Waals surface area contributed by atoms with Crippen molar-refractivity contribution in [2.45, 2.75) is 43.8 Å². The number of ether oxygens (including phenoxy) is 1. The maximum Gasteiger partial charge on any atom is 0.251 e. The van der Waals surface area contributed by atoms with Gasteiger partial charge in [0.25, 0.3) is 5.91 Å². The van der Waals surface area contributed by atoms with Crippen molar-refractivity contribution in [2.75, 3.05) is 39.9 Å². The maximum atomic E-state index is 12.3. The predicted molar refractivity (Wildman–Crippen MR) is 79.1 cm³/mol. The molecule has 2 heterocycles. The number of methoxy groups -OCH3 is 1. The standard InChI is InChI=1S/C15H26N2O5/c1-22-11-15(21)5-8-16(9-6-15)13(19)10-17-7-3-2-4-12(18)14(17)20/h12,18,21H,2-11H2,1H3. The molecule has 0 radical (unpaired) electrons. The van der Waals surface area contributed by atoms with Gasteiger partial charge in [-0.3, -0.25) is 9.59 Å². The van der Waals surface area contributed by atoms with Crippen LogP contribution in [0.5, 0.6) is 0 Å². The Morgan fingerprint density at radius 1 is 1.32 bits per heavy atom. The van der Waals surface area contributed by atoms with Crippen molar-refractivity contribution in [1.29, 1.82) is 0 Å². The normalized spacial score (nSPS) is 26.0. The van der Waals surface area contributed by atoms with Gasteiger partial charge in [-0.05, 0) is 32.1 Å². The number of hydrogen-bond donors (Lipinski definition) is 2. The van der Waals surface area contributed by atoms with Crippen LogP contribution in [0.3, 0.4) is 0 Å². The lowest BCUT2D eigenvalue weighted by Gasteiger charge is -2.38. The average Bonchev–Trinajstić information content (AvgIpc) is 2.63. The lowest BCUT2D eigenvalue weighted by Crippen LogP contribution is -2.52. The molecule has 1 unspecified atom stereocenters. The Hall–Kier alpha value is -1.18. The summed E-state index contributed by atoms with van der Waals surface area (Å²) in [5.41, 5.74) is -0.861. The molecule has 0 aromatic rings. The molecule has 2 aliphatic rings. The Balaban J connectivity index is 1.86. The van der Waals surface area contributed by atoms with Gasteiger partial charge in [0.15, 0.2) is 0 Å². The highest BCUT2D eigenvalue weighted by atomic mass is 16.5. The van der Waals surface area contributed by atoms with Gasteiger partial charge in [0.05, 0.1) is 18.8 Å². The molecule has 2 saturated heterocycles. The van der Waals surface area contributed by atoms with Crippen molar-refractivity contribution in [3.63, 3.8) is 0 Å². The van der Waals surface area contributed by atoms with Crippen LogP contribution in [0.4, 0.5) is 0 Å². The van der Waals surface area contributed by atoms with E-state index in [1.54, 1.807) is 12.0 Å². The third-order valence-corrected chi connectivity index (χ3v) is 4.54. The summed E-state index contributed by atoms with van der Waals surface area (Å²) in [7, 11) is 1.55. The van der Waals surface area contributed by atoms with Gasteiger partial charge in [0, 0.05) is 26.7 Å². The number of piperidine rings is 1. The quantitative estimate of drug-likeness (QED) is 0.720. The van der Waals surface area contributed by atoms with Crippen molar-refractivity contribution >= 4 is 11.8 Å². The third kappa shape index (κ3) is 4.18. The Kier molecular flexibility index (Phi) is 5.77. The van der Waals surface area contributed by atoms with Crippen LogP contribution < -0.4 is 0 Å². The first kappa shape index (κ1) is 17.2. The number of hydrogen-bond acceptors (Lipinski definition) is 5. The predicted octanol–water partition coefficient (Wildman–Crippen LogP) is -0.640. The molecule has 0 saturated carbocycles. The molecule has 7 heteroatoms. The highest BCUT2D eigenvalue weighted by Gasteiger charge is 2.35. The van der Waals surface area contributed by atoms with Gasteiger partial charge in [0.1, 0.15) is 6.10 Å². The van der Waals surface area contributed by atoms with Gasteiger partial charge in [-0.25, -0.2) is 0 Å². The van der Waals surface area contributed by atoms with Crippen LogP contribution in [0.2, 0.25) is 0 Å². The molecule has 0 aromatic heterocycles. The van der Waals surface area contributed by atoms with Crippen LogP contribution >= 0.6 is 0 Å². The van der Waals surface area contributed by atoms with Crippen LogP contribution in [-0.2, 0) is 14.3 Å². The van der Waals surface area contributed by atoms with E-state index in [1.165, 1.54) is 4.90 Å². The fourth-order valence-electron chi connectivity index (χ4n) is 3.09. The van der Waals surface area contributed by atoms with E-state index < -0.39 is 11.7 Å². The van der Waals surface area contributed by atoms with Crippen LogP contribution in [0.15, 0.2) is 0 Å². The van der Waals surface area contributed by atoms with E-state index in [9.17, 15) is 19.8 Å². The van der Waals surface area contributed by atoms with Crippen LogP contribution in [0.1, 0.15) is 32.1 Å². The lowest BCUT2D eigenvalue weighted by molar-refractivity contribution is -0.147. The summed E-state index contributed by atoms with van der Waals surface area (Å²) in [6.07, 6.45) is 2.04. The number of likely N-dealkylation sites (tertiary alicyclic amines) is 2. The van der Waals surface area contributed by atoms with Crippen molar-refractivity contribution in [3.05, 3.63) is 0 Å². The fraction of sp³-hybridized carbons (Fsp3) is 0.867. The largest absolute Gasteiger partial charge is 0.387 e. The SMILES string of the molecule is COCC1(O)CCN(C(=O)CN2CCCCC(O)C2=O)CC1. The van der Waals surface area contributed by atoms with Crippen molar-refractivity contribution in [1.82, 2.24) is 9.80 Å². The summed E-state index contributed by atoms with van der Waals surface area (Å²) in [6.45, 7) is 1.72. The molecule has 0 aliphatic carbocycles. The summed E-state index contributed by atoms with van der Waals surface area (Å²) < 4.78 is 5.01. The van der Waals surface area contributed by atoms with E-state index in [2.05, 4.69) is 0 Å². The lowest BCUT2D eigenvalue weighted by atomic mass is 9.92. The van der Waals surface area contributed by atoms with E-state index >= 15 is 0 Å². The molecule has 22 heavy (non-hydrogen) atoms. The second-order valence-electron chi connectivity index (χ2n) is 6.31. The monoisotopic (exact) mass is 314 g/mol. The molecule has 2 N–H and O–H groups in total. The zero-order valence-electron chi connectivity index (χ0n) is 13.2. The second-order valence-corrected chi connectivity index (χ2v) is 6.31. The molecule has 2 aliphatic heterocycles. The average molecular weight is 314 g/mol. The van der Waals surface area contributed by atoms with E-state index in [0.29, 0.717) is 38.9 Å². The molecule has 1 atom stereocenters. The minimum atomic E-state index is -0.983. The Morgan fingerprint density at radius 2 is 2.00 bits per heavy atom. The Labute approximate surface area is 130 Å². The molecule has 7 nitrogen and oxygen atoms in total. The highest BCUT2D eigenvalue weighted by molar-refractivity contribution is 5.87. The van der Waals surface area contributed by atoms with Crippen LogP contribution in [0, 0.1) is 0 Å². The summed E-state index contributed by atoms with van der Waals surface area (Å²) in [5, 5.41) is 20.0. The fourth-order valence-corrected chi connectivity index (χ4v) is 3.09. The smallest absolute Gasteiger partial charge is 0.251 e. The highest BCUT2D eigenvalue weighted by Crippen LogP contribution is 2.22. The van der Waals surface area contributed by atoms with E-state index in [-0.39, 0.29) is 25.0 Å². The number of carbonyl (C=O) groups excluding carboxylic acids is 2. The summed E-state index contributed by atoms with van der Waals surface area (Å²) >= 11 is 0. The maximum absolute atomic E-state index is 12.3. The molecule has 0 spiro atoms. The number of aliphatic hydroxyl groups is 2. The first-order valence-electron chi connectivity index (χ1n) is 7.91. The van der Waals surface area contributed by atoms with Crippen LogP contribution in [0.25, 0.3) is 0 Å². The van der Waals surface area contributed by atoms with Crippen molar-refractivity contribution in [2.24, 2.45) is 0 Å². The molecule has 0 aromatic carbocycles. The zero-order valence-corrected chi connectivity index (χ0v) is 13.2. The minimum absolute atomic E-state index is 0.0125. The second kappa shape index (κ2) is 7.39. The number of carbonyl (C=O) groups is 2. The van der Waals surface area contributed by atoms with E-state index in [0.717, 1.165) is 12.8 Å². The van der Waals surface area contributed by atoms with Gasteiger partial charge in [-0.15, -0.1) is 0 Å². The topological polar surface area (TPSA) is 90.3 Å². The Bertz CT molecular complexity index is 407. The van der Waals surface area contributed by atoms with Crippen molar-refractivity contribution in [3.8, 4) is 0 Å². The van der Waals surface area contributed by atoms with Gasteiger partial charge >= 0.3 is 0 Å². The summed E-state index contributed by atoms with van der Waals surface area (Å²) in [4.78, 5) is 27.5. The van der Waals surface area contributed by atoms with Crippen LogP contribution in [-0.4, -0.2) is 83.4 Å². The van der Waals surface area contributed by atoms with E-state index in [1.807, 2.05) is 0 Å². The minimum Gasteiger partial charge on any atom is -0.387 e. The number of nitrogens with zero attached hydrogens (tertiary/aromatic N) is 2. The van der Waals surface area contributed by atoms with Gasteiger partial charge in [-0.2, -0.15) is 0 Å². The molecule has 2 fully saturated rings. The number of rotatable bonds is 4. The third-order valence-electron chi connectivity index (χ3n) is 4.54. The Morgan fingerprint density at radius 3 is 2.64 bits per heavy atom. The summed E-state index contributed by atoms with van der Waals surface area (Å²) in [6, 6.07) is 0. The number of aliphatic hydroxyl groups excluding tert-OH is 1. The molecule has 0 bridgehead atoms. The first-order chi connectivity index (χ1) is 10.4. The van der Waals surface area contributed by atoms with E-state index in [4.69, 9.17) is 4.74 Å². The van der Waals surface area contributed by atoms with Gasteiger partial charge in [-0.1, -0.05) is 0 Å². The van der Waals surface area contributed by atoms with Gasteiger partial charge in [0.2, 0.25) is 5.91 Å². The molecule has 126 valence electrons. The molecular weight excluding hydrogens is 288 g/mol. The zero-order chi connectivity index (χ0) is 16.2.